The molecular weight excluding hydrogens is 324 g/mol. The number of anilines is 2. The van der Waals surface area contributed by atoms with Crippen LogP contribution in [0.5, 0.6) is 6.01 Å². The number of nitrogens with two attached hydrogens (primary N) is 1. The predicted octanol–water partition coefficient (Wildman–Crippen LogP) is 0.826. The molecular formula is C16H28N6O3. The van der Waals surface area contributed by atoms with Gasteiger partial charge in [0, 0.05) is 20.8 Å². The van der Waals surface area contributed by atoms with E-state index in [1.54, 1.807) is 14.2 Å². The minimum absolute atomic E-state index is 0.198. The molecule has 1 fully saturated rings. The molecule has 0 unspecified atom stereocenters. The van der Waals surface area contributed by atoms with E-state index in [4.69, 9.17) is 19.9 Å². The van der Waals surface area contributed by atoms with E-state index in [2.05, 4.69) is 27.0 Å². The van der Waals surface area contributed by atoms with Gasteiger partial charge in [0.25, 0.3) is 0 Å². The van der Waals surface area contributed by atoms with Crippen LogP contribution in [-0.4, -0.2) is 70.5 Å². The zero-order valence-electron chi connectivity index (χ0n) is 15.0. The number of rotatable bonds is 10. The summed E-state index contributed by atoms with van der Waals surface area (Å²) < 4.78 is 15.9. The van der Waals surface area contributed by atoms with Crippen LogP contribution in [0.3, 0.4) is 0 Å². The maximum Gasteiger partial charge on any atom is 0.320 e. The van der Waals surface area contributed by atoms with Gasteiger partial charge in [-0.1, -0.05) is 0 Å². The van der Waals surface area contributed by atoms with Crippen molar-refractivity contribution < 1.29 is 14.2 Å². The SMILES string of the molecule is C=Nc1c(N)nc(OCCOC)nc1N(COC)CC1CCNCC1. The van der Waals surface area contributed by atoms with Crippen LogP contribution in [0.25, 0.3) is 0 Å². The van der Waals surface area contributed by atoms with E-state index >= 15 is 0 Å². The third-order valence-electron chi connectivity index (χ3n) is 4.07. The Bertz CT molecular complexity index is 551. The fourth-order valence-corrected chi connectivity index (χ4v) is 2.82. The highest BCUT2D eigenvalue weighted by Gasteiger charge is 2.23. The number of ether oxygens (including phenoxy) is 3. The van der Waals surface area contributed by atoms with Crippen LogP contribution in [0.2, 0.25) is 0 Å². The zero-order valence-corrected chi connectivity index (χ0v) is 15.0. The normalized spacial score (nSPS) is 15.1. The lowest BCUT2D eigenvalue weighted by molar-refractivity contribution is 0.141. The van der Waals surface area contributed by atoms with Gasteiger partial charge in [-0.05, 0) is 38.6 Å². The van der Waals surface area contributed by atoms with E-state index in [0.717, 1.165) is 32.5 Å². The number of aliphatic imine (C=N–C) groups is 1. The number of nitrogens with zero attached hydrogens (tertiary/aromatic N) is 4. The number of nitrogen functional groups attached to an aromatic ring is 1. The Morgan fingerprint density at radius 3 is 2.64 bits per heavy atom. The summed E-state index contributed by atoms with van der Waals surface area (Å²) in [6.07, 6.45) is 2.21. The van der Waals surface area contributed by atoms with Gasteiger partial charge >= 0.3 is 6.01 Å². The predicted molar refractivity (Wildman–Crippen MR) is 97.8 cm³/mol. The molecule has 0 bridgehead atoms. The number of piperidine rings is 1. The average Bonchev–Trinajstić information content (AvgIpc) is 2.62. The quantitative estimate of drug-likeness (QED) is 0.362. The molecule has 1 aromatic rings. The summed E-state index contributed by atoms with van der Waals surface area (Å²) >= 11 is 0. The molecule has 140 valence electrons. The summed E-state index contributed by atoms with van der Waals surface area (Å²) in [6, 6.07) is 0.198. The van der Waals surface area contributed by atoms with Gasteiger partial charge in [0.15, 0.2) is 11.6 Å². The molecule has 0 aromatic carbocycles. The molecule has 2 rings (SSSR count). The number of aromatic nitrogens is 2. The van der Waals surface area contributed by atoms with Crippen molar-refractivity contribution in [1.82, 2.24) is 15.3 Å². The highest BCUT2D eigenvalue weighted by Crippen LogP contribution is 2.34. The third kappa shape index (κ3) is 5.52. The lowest BCUT2D eigenvalue weighted by Crippen LogP contribution is -2.37. The lowest BCUT2D eigenvalue weighted by atomic mass is 9.97. The maximum absolute atomic E-state index is 6.03. The van der Waals surface area contributed by atoms with Crippen molar-refractivity contribution >= 4 is 24.0 Å². The number of hydrogen-bond acceptors (Lipinski definition) is 9. The maximum atomic E-state index is 6.03. The fourth-order valence-electron chi connectivity index (χ4n) is 2.82. The summed E-state index contributed by atoms with van der Waals surface area (Å²) in [6.45, 7) is 7.60. The molecule has 0 atom stereocenters. The second-order valence-electron chi connectivity index (χ2n) is 5.90. The summed E-state index contributed by atoms with van der Waals surface area (Å²) in [5, 5.41) is 3.37. The molecule has 9 nitrogen and oxygen atoms in total. The van der Waals surface area contributed by atoms with Gasteiger partial charge in [0.2, 0.25) is 0 Å². The molecule has 0 saturated carbocycles. The van der Waals surface area contributed by atoms with Gasteiger partial charge in [0.1, 0.15) is 19.0 Å². The standard InChI is InChI=1S/C16H28N6O3/c1-18-13-14(17)20-16(25-9-8-23-2)21-15(13)22(11-24-3)10-12-4-6-19-7-5-12/h12,19H,1,4-11H2,2-3H3,(H2,17,20,21). The number of methoxy groups -OCH3 is 2. The molecule has 0 radical (unpaired) electrons. The van der Waals surface area contributed by atoms with Crippen LogP contribution in [0.4, 0.5) is 17.3 Å². The Labute approximate surface area is 148 Å². The molecule has 1 aromatic heterocycles. The Hall–Kier alpha value is -1.97. The van der Waals surface area contributed by atoms with Gasteiger partial charge < -0.3 is 30.2 Å². The van der Waals surface area contributed by atoms with E-state index in [9.17, 15) is 0 Å². The van der Waals surface area contributed by atoms with Crippen molar-refractivity contribution in [2.24, 2.45) is 10.9 Å². The van der Waals surface area contributed by atoms with Gasteiger partial charge in [-0.2, -0.15) is 9.97 Å². The third-order valence-corrected chi connectivity index (χ3v) is 4.07. The van der Waals surface area contributed by atoms with E-state index in [-0.39, 0.29) is 11.8 Å². The minimum Gasteiger partial charge on any atom is -0.461 e. The van der Waals surface area contributed by atoms with E-state index in [1.165, 1.54) is 0 Å². The Morgan fingerprint density at radius 1 is 1.24 bits per heavy atom. The van der Waals surface area contributed by atoms with Gasteiger partial charge in [-0.25, -0.2) is 0 Å². The van der Waals surface area contributed by atoms with Crippen LogP contribution < -0.4 is 20.7 Å². The van der Waals surface area contributed by atoms with Crippen molar-refractivity contribution in [2.75, 3.05) is 64.4 Å². The van der Waals surface area contributed by atoms with Crippen molar-refractivity contribution in [3.8, 4) is 6.01 Å². The van der Waals surface area contributed by atoms with Crippen LogP contribution in [-0.2, 0) is 9.47 Å². The highest BCUT2D eigenvalue weighted by atomic mass is 16.5. The zero-order chi connectivity index (χ0) is 18.1. The van der Waals surface area contributed by atoms with Gasteiger partial charge in [0.05, 0.1) is 6.61 Å². The van der Waals surface area contributed by atoms with Crippen molar-refractivity contribution in [3.05, 3.63) is 0 Å². The molecule has 0 amide bonds. The van der Waals surface area contributed by atoms with Crippen LogP contribution >= 0.6 is 0 Å². The first kappa shape index (κ1) is 19.4. The summed E-state index contributed by atoms with van der Waals surface area (Å²) in [5.74, 6) is 1.36. The minimum atomic E-state index is 0.198. The van der Waals surface area contributed by atoms with E-state index in [0.29, 0.717) is 37.4 Å². The van der Waals surface area contributed by atoms with Crippen molar-refractivity contribution in [2.45, 2.75) is 12.8 Å². The van der Waals surface area contributed by atoms with Gasteiger partial charge in [-0.3, -0.25) is 4.99 Å². The lowest BCUT2D eigenvalue weighted by Gasteiger charge is -2.31. The first-order valence-corrected chi connectivity index (χ1v) is 8.40. The molecule has 1 aliphatic heterocycles. The Morgan fingerprint density at radius 2 is 2.00 bits per heavy atom. The average molecular weight is 352 g/mol. The number of hydrogen-bond donors (Lipinski definition) is 2. The Balaban J connectivity index is 2.24. The molecule has 3 N–H and O–H groups in total. The molecule has 0 aliphatic carbocycles. The molecule has 2 heterocycles. The highest BCUT2D eigenvalue weighted by molar-refractivity contribution is 5.75. The summed E-state index contributed by atoms with van der Waals surface area (Å²) in [4.78, 5) is 14.7. The summed E-state index contributed by atoms with van der Waals surface area (Å²) in [7, 11) is 3.26. The summed E-state index contributed by atoms with van der Waals surface area (Å²) in [5.41, 5.74) is 6.48. The Kier molecular flexibility index (Phi) is 7.83. The molecule has 1 saturated heterocycles. The largest absolute Gasteiger partial charge is 0.461 e. The second kappa shape index (κ2) is 10.1. The molecule has 0 spiro atoms. The molecule has 9 heteroatoms. The monoisotopic (exact) mass is 352 g/mol. The van der Waals surface area contributed by atoms with Crippen LogP contribution in [0.15, 0.2) is 4.99 Å². The smallest absolute Gasteiger partial charge is 0.320 e. The van der Waals surface area contributed by atoms with Crippen LogP contribution in [0, 0.1) is 5.92 Å². The van der Waals surface area contributed by atoms with E-state index in [1.807, 2.05) is 4.90 Å². The van der Waals surface area contributed by atoms with Crippen LogP contribution in [0.1, 0.15) is 12.8 Å². The first-order valence-electron chi connectivity index (χ1n) is 8.40. The van der Waals surface area contributed by atoms with Crippen molar-refractivity contribution in [3.63, 3.8) is 0 Å². The van der Waals surface area contributed by atoms with Crippen molar-refractivity contribution in [1.29, 1.82) is 0 Å². The first-order chi connectivity index (χ1) is 12.2. The van der Waals surface area contributed by atoms with E-state index < -0.39 is 0 Å². The van der Waals surface area contributed by atoms with Gasteiger partial charge in [-0.15, -0.1) is 0 Å². The topological polar surface area (TPSA) is 107 Å². The molecule has 25 heavy (non-hydrogen) atoms. The second-order valence-corrected chi connectivity index (χ2v) is 5.90. The fraction of sp³-hybridized carbons (Fsp3) is 0.688. The molecule has 1 aliphatic rings. The number of nitrogens with one attached hydrogen (secondary N) is 1.